The molecule has 2 aromatic carbocycles. The normalized spacial score (nSPS) is 16.8. The maximum Gasteiger partial charge on any atom is 0.290 e. The average Bonchev–Trinajstić information content (AvgIpc) is 3.01. The summed E-state index contributed by atoms with van der Waals surface area (Å²) in [6, 6.07) is 16.5. The van der Waals surface area contributed by atoms with Crippen molar-refractivity contribution in [2.45, 2.75) is 19.4 Å². The molecule has 1 amide bonds. The van der Waals surface area contributed by atoms with E-state index in [4.69, 9.17) is 4.74 Å². The molecule has 2 aromatic rings. The minimum Gasteiger partial charge on any atom is -0.503 e. The number of carbonyl (C=O) groups is 2. The van der Waals surface area contributed by atoms with Crippen molar-refractivity contribution in [3.63, 3.8) is 0 Å². The number of hydrogen-bond donors (Lipinski definition) is 1. The molecule has 0 spiro atoms. The van der Waals surface area contributed by atoms with Crippen LogP contribution in [0.4, 0.5) is 0 Å². The number of carbonyl (C=O) groups excluding carboxylic acids is 2. The third-order valence-corrected chi connectivity index (χ3v) is 5.04. The highest BCUT2D eigenvalue weighted by Crippen LogP contribution is 2.37. The molecule has 1 unspecified atom stereocenters. The number of amides is 1. The first kappa shape index (κ1) is 20.6. The van der Waals surface area contributed by atoms with Gasteiger partial charge in [0, 0.05) is 13.7 Å². The molecule has 5 nitrogen and oxygen atoms in total. The number of nitrogens with zero attached hydrogens (tertiary/aromatic N) is 1. The first-order valence-corrected chi connectivity index (χ1v) is 9.66. The SMILES string of the molecule is CCc1ccc(C2C(C(=O)/C=C/c3ccccc3)=C(O)C(=O)N2CCOC)cc1. The lowest BCUT2D eigenvalue weighted by Crippen LogP contribution is -2.33. The molecule has 0 aromatic heterocycles. The van der Waals surface area contributed by atoms with Crippen LogP contribution in [0.15, 0.2) is 72.0 Å². The molecule has 3 rings (SSSR count). The van der Waals surface area contributed by atoms with E-state index in [9.17, 15) is 14.7 Å². The van der Waals surface area contributed by atoms with Gasteiger partial charge in [-0.15, -0.1) is 0 Å². The van der Waals surface area contributed by atoms with Crippen LogP contribution < -0.4 is 0 Å². The van der Waals surface area contributed by atoms with E-state index in [0.717, 1.165) is 23.1 Å². The van der Waals surface area contributed by atoms with Crippen LogP contribution in [0.25, 0.3) is 6.08 Å². The van der Waals surface area contributed by atoms with Crippen molar-refractivity contribution in [1.29, 1.82) is 0 Å². The lowest BCUT2D eigenvalue weighted by atomic mass is 9.94. The van der Waals surface area contributed by atoms with Gasteiger partial charge in [0.15, 0.2) is 11.5 Å². The summed E-state index contributed by atoms with van der Waals surface area (Å²) in [7, 11) is 1.55. The van der Waals surface area contributed by atoms with Crippen LogP contribution in [0.3, 0.4) is 0 Å². The highest BCUT2D eigenvalue weighted by atomic mass is 16.5. The minimum atomic E-state index is -0.642. The average molecular weight is 391 g/mol. The van der Waals surface area contributed by atoms with Crippen LogP contribution in [0, 0.1) is 0 Å². The lowest BCUT2D eigenvalue weighted by molar-refractivity contribution is -0.130. The zero-order chi connectivity index (χ0) is 20.8. The molecule has 1 aliphatic heterocycles. The van der Waals surface area contributed by atoms with E-state index in [2.05, 4.69) is 6.92 Å². The van der Waals surface area contributed by atoms with E-state index >= 15 is 0 Å². The molecule has 1 heterocycles. The summed E-state index contributed by atoms with van der Waals surface area (Å²) < 4.78 is 5.12. The lowest BCUT2D eigenvalue weighted by Gasteiger charge is -2.26. The maximum atomic E-state index is 13.0. The highest BCUT2D eigenvalue weighted by Gasteiger charge is 2.42. The molecular weight excluding hydrogens is 366 g/mol. The first-order valence-electron chi connectivity index (χ1n) is 9.66. The molecule has 0 aliphatic carbocycles. The Labute approximate surface area is 170 Å². The van der Waals surface area contributed by atoms with Crippen LogP contribution in [0.5, 0.6) is 0 Å². The van der Waals surface area contributed by atoms with Crippen molar-refractivity contribution in [3.05, 3.63) is 88.7 Å². The molecular formula is C24H25NO4. The fraction of sp³-hybridized carbons (Fsp3) is 0.250. The molecule has 1 aliphatic rings. The number of ketones is 1. The van der Waals surface area contributed by atoms with Crippen molar-refractivity contribution in [2.24, 2.45) is 0 Å². The zero-order valence-electron chi connectivity index (χ0n) is 16.7. The van der Waals surface area contributed by atoms with Crippen LogP contribution in [-0.2, 0) is 20.7 Å². The number of aliphatic hydroxyl groups is 1. The van der Waals surface area contributed by atoms with Crippen molar-refractivity contribution in [2.75, 3.05) is 20.3 Å². The van der Waals surface area contributed by atoms with Gasteiger partial charge < -0.3 is 14.7 Å². The summed E-state index contributed by atoms with van der Waals surface area (Å²) in [6.07, 6.45) is 3.98. The number of allylic oxidation sites excluding steroid dienone is 1. The third kappa shape index (κ3) is 4.46. The summed E-state index contributed by atoms with van der Waals surface area (Å²) >= 11 is 0. The van der Waals surface area contributed by atoms with Gasteiger partial charge in [-0.1, -0.05) is 67.6 Å². The first-order chi connectivity index (χ1) is 14.1. The predicted molar refractivity (Wildman–Crippen MR) is 112 cm³/mol. The van der Waals surface area contributed by atoms with Gasteiger partial charge in [0.05, 0.1) is 18.2 Å². The van der Waals surface area contributed by atoms with Crippen LogP contribution in [0.2, 0.25) is 0 Å². The van der Waals surface area contributed by atoms with Crippen LogP contribution >= 0.6 is 0 Å². The Morgan fingerprint density at radius 1 is 1.14 bits per heavy atom. The van der Waals surface area contributed by atoms with Crippen molar-refractivity contribution >= 4 is 17.8 Å². The molecule has 0 saturated carbocycles. The second-order valence-corrected chi connectivity index (χ2v) is 6.86. The van der Waals surface area contributed by atoms with E-state index < -0.39 is 17.7 Å². The Hall–Kier alpha value is -3.18. The molecule has 150 valence electrons. The number of methoxy groups -OCH3 is 1. The molecule has 0 fully saturated rings. The number of aliphatic hydroxyl groups excluding tert-OH is 1. The van der Waals surface area contributed by atoms with Gasteiger partial charge in [-0.2, -0.15) is 0 Å². The standard InChI is InChI=1S/C24H25NO4/c1-3-17-9-12-19(13-10-17)22-21(23(27)24(28)25(22)15-16-29-2)20(26)14-11-18-7-5-4-6-8-18/h4-14,22,27H,3,15-16H2,1-2H3/b14-11+. The molecule has 1 N–H and O–H groups in total. The summed E-state index contributed by atoms with van der Waals surface area (Å²) in [6.45, 7) is 2.65. The smallest absolute Gasteiger partial charge is 0.290 e. The van der Waals surface area contributed by atoms with Crippen molar-refractivity contribution in [1.82, 2.24) is 4.90 Å². The Balaban J connectivity index is 1.97. The topological polar surface area (TPSA) is 66.8 Å². The molecule has 0 radical (unpaired) electrons. The van der Waals surface area contributed by atoms with Gasteiger partial charge in [0.2, 0.25) is 0 Å². The molecule has 0 bridgehead atoms. The Bertz CT molecular complexity index is 929. The maximum absolute atomic E-state index is 13.0. The molecule has 1 atom stereocenters. The van der Waals surface area contributed by atoms with Gasteiger partial charge in [-0.3, -0.25) is 9.59 Å². The fourth-order valence-electron chi connectivity index (χ4n) is 3.43. The van der Waals surface area contributed by atoms with Crippen molar-refractivity contribution in [3.8, 4) is 0 Å². The summed E-state index contributed by atoms with van der Waals surface area (Å²) in [4.78, 5) is 27.2. The van der Waals surface area contributed by atoms with E-state index in [1.165, 1.54) is 11.0 Å². The quantitative estimate of drug-likeness (QED) is 0.694. The van der Waals surface area contributed by atoms with Crippen LogP contribution in [-0.4, -0.2) is 42.0 Å². The second-order valence-electron chi connectivity index (χ2n) is 6.86. The molecule has 5 heteroatoms. The third-order valence-electron chi connectivity index (χ3n) is 5.04. The number of benzene rings is 2. The number of ether oxygens (including phenoxy) is 1. The van der Waals surface area contributed by atoms with Crippen molar-refractivity contribution < 1.29 is 19.4 Å². The fourth-order valence-corrected chi connectivity index (χ4v) is 3.43. The van der Waals surface area contributed by atoms with Gasteiger partial charge in [0.1, 0.15) is 0 Å². The minimum absolute atomic E-state index is 0.0996. The van der Waals surface area contributed by atoms with E-state index in [1.54, 1.807) is 13.2 Å². The van der Waals surface area contributed by atoms with Gasteiger partial charge >= 0.3 is 0 Å². The van der Waals surface area contributed by atoms with Gasteiger partial charge in [-0.25, -0.2) is 0 Å². The van der Waals surface area contributed by atoms with Gasteiger partial charge in [-0.05, 0) is 29.2 Å². The van der Waals surface area contributed by atoms with E-state index in [0.29, 0.717) is 6.61 Å². The van der Waals surface area contributed by atoms with Gasteiger partial charge in [0.25, 0.3) is 5.91 Å². The van der Waals surface area contributed by atoms with E-state index in [-0.39, 0.29) is 17.9 Å². The number of rotatable bonds is 8. The molecule has 0 saturated heterocycles. The number of hydrogen-bond acceptors (Lipinski definition) is 4. The second kappa shape index (κ2) is 9.34. The summed E-state index contributed by atoms with van der Waals surface area (Å²) in [5, 5.41) is 10.5. The zero-order valence-corrected chi connectivity index (χ0v) is 16.7. The van der Waals surface area contributed by atoms with E-state index in [1.807, 2.05) is 54.6 Å². The highest BCUT2D eigenvalue weighted by molar-refractivity contribution is 6.14. The molecule has 29 heavy (non-hydrogen) atoms. The summed E-state index contributed by atoms with van der Waals surface area (Å²) in [5.74, 6) is -1.43. The largest absolute Gasteiger partial charge is 0.503 e. The Morgan fingerprint density at radius 2 is 1.83 bits per heavy atom. The number of aryl methyl sites for hydroxylation is 1. The predicted octanol–water partition coefficient (Wildman–Crippen LogP) is 3.87. The van der Waals surface area contributed by atoms with Crippen LogP contribution in [0.1, 0.15) is 29.7 Å². The summed E-state index contributed by atoms with van der Waals surface area (Å²) in [5.41, 5.74) is 2.91. The monoisotopic (exact) mass is 391 g/mol. The Kier molecular flexibility index (Phi) is 6.62. The Morgan fingerprint density at radius 3 is 2.45 bits per heavy atom.